The fraction of sp³-hybridized carbons (Fsp3) is 0.333. The Labute approximate surface area is 95.7 Å². The van der Waals surface area contributed by atoms with Crippen molar-refractivity contribution >= 4 is 11.4 Å². The Morgan fingerprint density at radius 2 is 1.94 bits per heavy atom. The maximum Gasteiger partial charge on any atom is 0.317 e. The third-order valence-electron chi connectivity index (χ3n) is 2.02. The third-order valence-corrected chi connectivity index (χ3v) is 2.02. The number of benzene rings is 1. The van der Waals surface area contributed by atoms with E-state index in [4.69, 9.17) is 4.74 Å². The first-order chi connectivity index (χ1) is 7.97. The summed E-state index contributed by atoms with van der Waals surface area (Å²) in [6.07, 6.45) is 0. The number of phenolic OH excluding ortho intramolecular Hbond substituents is 1. The first kappa shape index (κ1) is 12.8. The Hall–Kier alpha value is -2.22. The first-order valence-electron chi connectivity index (χ1n) is 4.69. The van der Waals surface area contributed by atoms with Crippen molar-refractivity contribution in [3.05, 3.63) is 37.9 Å². The lowest BCUT2D eigenvalue weighted by Crippen LogP contribution is -1.99. The van der Waals surface area contributed by atoms with Crippen LogP contribution in [0.15, 0.2) is 12.1 Å². The van der Waals surface area contributed by atoms with Crippen molar-refractivity contribution in [2.24, 2.45) is 0 Å². The van der Waals surface area contributed by atoms with Crippen molar-refractivity contribution < 1.29 is 19.7 Å². The molecule has 0 fully saturated rings. The molecule has 0 spiro atoms. The van der Waals surface area contributed by atoms with E-state index in [2.05, 4.69) is 0 Å². The molecule has 0 aliphatic rings. The Morgan fingerprint density at radius 3 is 2.41 bits per heavy atom. The lowest BCUT2D eigenvalue weighted by atomic mass is 10.1. The fourth-order valence-electron chi connectivity index (χ4n) is 1.23. The van der Waals surface area contributed by atoms with Crippen molar-refractivity contribution in [2.45, 2.75) is 13.5 Å². The van der Waals surface area contributed by atoms with E-state index in [1.807, 2.05) is 0 Å². The standard InChI is InChI=1S/C9H10N2O6/c1-2-17-5-6-3-7(10(13)14)4-8(9(6)12)11(15)16/h3-4,12H,2,5H2,1H3. The summed E-state index contributed by atoms with van der Waals surface area (Å²) in [5.74, 6) is -0.603. The predicted octanol–water partition coefficient (Wildman–Crippen LogP) is 1.75. The first-order valence-corrected chi connectivity index (χ1v) is 4.69. The van der Waals surface area contributed by atoms with E-state index in [-0.39, 0.29) is 12.2 Å². The molecule has 0 atom stereocenters. The van der Waals surface area contributed by atoms with Crippen LogP contribution in [0.2, 0.25) is 0 Å². The van der Waals surface area contributed by atoms with Gasteiger partial charge in [-0.1, -0.05) is 0 Å². The zero-order valence-corrected chi connectivity index (χ0v) is 8.95. The van der Waals surface area contributed by atoms with Crippen molar-refractivity contribution in [3.63, 3.8) is 0 Å². The van der Waals surface area contributed by atoms with Gasteiger partial charge in [-0.25, -0.2) is 0 Å². The summed E-state index contributed by atoms with van der Waals surface area (Å²) in [6, 6.07) is 1.77. The number of nitrogens with zero attached hydrogens (tertiary/aromatic N) is 2. The SMILES string of the molecule is CCOCc1cc([N+](=O)[O-])cc([N+](=O)[O-])c1O. The molecule has 8 nitrogen and oxygen atoms in total. The molecular formula is C9H10N2O6. The number of hydrogen-bond acceptors (Lipinski definition) is 6. The molecule has 1 N–H and O–H groups in total. The minimum atomic E-state index is -0.877. The number of non-ortho nitro benzene ring substituents is 1. The average molecular weight is 242 g/mol. The van der Waals surface area contributed by atoms with E-state index in [0.717, 1.165) is 6.07 Å². The lowest BCUT2D eigenvalue weighted by molar-refractivity contribution is -0.394. The Kier molecular flexibility index (Phi) is 3.94. The van der Waals surface area contributed by atoms with Crippen molar-refractivity contribution in [1.29, 1.82) is 0 Å². The van der Waals surface area contributed by atoms with Crippen LogP contribution in [0.5, 0.6) is 5.75 Å². The van der Waals surface area contributed by atoms with Gasteiger partial charge in [-0.2, -0.15) is 0 Å². The molecule has 92 valence electrons. The molecule has 0 aliphatic carbocycles. The zero-order valence-electron chi connectivity index (χ0n) is 8.95. The van der Waals surface area contributed by atoms with Gasteiger partial charge in [-0.15, -0.1) is 0 Å². The Morgan fingerprint density at radius 1 is 1.29 bits per heavy atom. The highest BCUT2D eigenvalue weighted by Crippen LogP contribution is 2.34. The van der Waals surface area contributed by atoms with Gasteiger partial charge in [0.05, 0.1) is 22.5 Å². The van der Waals surface area contributed by atoms with Gasteiger partial charge in [0.15, 0.2) is 5.75 Å². The molecule has 0 aliphatic heterocycles. The topological polar surface area (TPSA) is 116 Å². The van der Waals surface area contributed by atoms with Gasteiger partial charge < -0.3 is 9.84 Å². The maximum atomic E-state index is 10.6. The lowest BCUT2D eigenvalue weighted by Gasteiger charge is -2.05. The van der Waals surface area contributed by atoms with E-state index in [0.29, 0.717) is 12.7 Å². The zero-order chi connectivity index (χ0) is 13.0. The van der Waals surface area contributed by atoms with Crippen LogP contribution in [0.4, 0.5) is 11.4 Å². The van der Waals surface area contributed by atoms with E-state index in [9.17, 15) is 25.3 Å². The summed E-state index contributed by atoms with van der Waals surface area (Å²) >= 11 is 0. The van der Waals surface area contributed by atoms with E-state index in [1.165, 1.54) is 0 Å². The van der Waals surface area contributed by atoms with Crippen molar-refractivity contribution in [3.8, 4) is 5.75 Å². The predicted molar refractivity (Wildman–Crippen MR) is 56.7 cm³/mol. The van der Waals surface area contributed by atoms with Gasteiger partial charge in [0.25, 0.3) is 5.69 Å². The molecule has 0 aromatic heterocycles. The molecule has 0 amide bonds. The number of phenols is 1. The van der Waals surface area contributed by atoms with Crippen LogP contribution in [0.25, 0.3) is 0 Å². The largest absolute Gasteiger partial charge is 0.502 e. The molecule has 0 heterocycles. The number of ether oxygens (including phenoxy) is 1. The molecular weight excluding hydrogens is 232 g/mol. The molecule has 1 aromatic rings. The smallest absolute Gasteiger partial charge is 0.317 e. The van der Waals surface area contributed by atoms with Gasteiger partial charge in [0.1, 0.15) is 0 Å². The van der Waals surface area contributed by atoms with E-state index < -0.39 is 27.0 Å². The van der Waals surface area contributed by atoms with Gasteiger partial charge >= 0.3 is 5.69 Å². The second-order valence-corrected chi connectivity index (χ2v) is 3.12. The number of aromatic hydroxyl groups is 1. The summed E-state index contributed by atoms with van der Waals surface area (Å²) in [7, 11) is 0. The van der Waals surface area contributed by atoms with E-state index >= 15 is 0 Å². The molecule has 0 radical (unpaired) electrons. The normalized spacial score (nSPS) is 10.2. The second kappa shape index (κ2) is 5.21. The molecule has 0 unspecified atom stereocenters. The summed E-state index contributed by atoms with van der Waals surface area (Å²) in [4.78, 5) is 19.5. The van der Waals surface area contributed by atoms with Crippen molar-refractivity contribution in [1.82, 2.24) is 0 Å². The number of nitro groups is 2. The van der Waals surface area contributed by atoms with Crippen LogP contribution in [0, 0.1) is 20.2 Å². The number of nitro benzene ring substituents is 2. The summed E-state index contributed by atoms with van der Waals surface area (Å²) < 4.78 is 4.96. The molecule has 0 saturated carbocycles. The Balaban J connectivity index is 3.27. The molecule has 1 rings (SSSR count). The van der Waals surface area contributed by atoms with Crippen LogP contribution in [0.1, 0.15) is 12.5 Å². The van der Waals surface area contributed by atoms with Crippen LogP contribution >= 0.6 is 0 Å². The molecule has 17 heavy (non-hydrogen) atoms. The summed E-state index contributed by atoms with van der Waals surface area (Å²) in [5.41, 5.74) is -1.13. The van der Waals surface area contributed by atoms with Gasteiger partial charge in [-0.3, -0.25) is 20.2 Å². The quantitative estimate of drug-likeness (QED) is 0.621. The third kappa shape index (κ3) is 2.88. The van der Waals surface area contributed by atoms with Gasteiger partial charge in [0.2, 0.25) is 0 Å². The second-order valence-electron chi connectivity index (χ2n) is 3.12. The maximum absolute atomic E-state index is 10.6. The highest BCUT2D eigenvalue weighted by Gasteiger charge is 2.23. The number of hydrogen-bond donors (Lipinski definition) is 1. The van der Waals surface area contributed by atoms with Crippen LogP contribution < -0.4 is 0 Å². The summed E-state index contributed by atoms with van der Waals surface area (Å²) in [5, 5.41) is 30.7. The van der Waals surface area contributed by atoms with Crippen LogP contribution in [-0.4, -0.2) is 21.6 Å². The van der Waals surface area contributed by atoms with Crippen LogP contribution in [0.3, 0.4) is 0 Å². The monoisotopic (exact) mass is 242 g/mol. The average Bonchev–Trinajstić information content (AvgIpc) is 2.26. The van der Waals surface area contributed by atoms with Crippen LogP contribution in [-0.2, 0) is 11.3 Å². The highest BCUT2D eigenvalue weighted by atomic mass is 16.6. The highest BCUT2D eigenvalue weighted by molar-refractivity contribution is 5.57. The van der Waals surface area contributed by atoms with Gasteiger partial charge in [0, 0.05) is 18.2 Å². The number of rotatable bonds is 5. The molecule has 0 bridgehead atoms. The van der Waals surface area contributed by atoms with E-state index in [1.54, 1.807) is 6.92 Å². The molecule has 0 saturated heterocycles. The molecule has 1 aromatic carbocycles. The summed E-state index contributed by atoms with van der Waals surface area (Å²) in [6.45, 7) is 1.91. The van der Waals surface area contributed by atoms with Crippen molar-refractivity contribution in [2.75, 3.05) is 6.61 Å². The van der Waals surface area contributed by atoms with Gasteiger partial charge in [-0.05, 0) is 6.92 Å². The molecule has 8 heteroatoms. The fourth-order valence-corrected chi connectivity index (χ4v) is 1.23. The minimum Gasteiger partial charge on any atom is -0.502 e. The minimum absolute atomic E-state index is 0.0211. The Bertz CT molecular complexity index is 459.